The standard InChI is InChI=1S/C14H22N2O4S/c1-4-10(2)8-21(18,19)9-14(17)16-12-6-5-11(15)7-13(12)20-3/h5-7,10H,4,8-9,15H2,1-3H3,(H,16,17). The maximum Gasteiger partial charge on any atom is 0.239 e. The number of amides is 1. The highest BCUT2D eigenvalue weighted by Crippen LogP contribution is 2.26. The summed E-state index contributed by atoms with van der Waals surface area (Å²) in [6, 6.07) is 4.74. The van der Waals surface area contributed by atoms with Crippen molar-refractivity contribution in [3.05, 3.63) is 18.2 Å². The highest BCUT2D eigenvalue weighted by atomic mass is 32.2. The van der Waals surface area contributed by atoms with E-state index in [1.54, 1.807) is 18.2 Å². The number of rotatable bonds is 7. The van der Waals surface area contributed by atoms with Gasteiger partial charge in [0.2, 0.25) is 5.91 Å². The van der Waals surface area contributed by atoms with Crippen LogP contribution < -0.4 is 15.8 Å². The molecule has 0 bridgehead atoms. The first-order chi connectivity index (χ1) is 9.77. The fraction of sp³-hybridized carbons (Fsp3) is 0.500. The molecule has 1 unspecified atom stereocenters. The van der Waals surface area contributed by atoms with E-state index >= 15 is 0 Å². The minimum Gasteiger partial charge on any atom is -0.494 e. The number of hydrogen-bond acceptors (Lipinski definition) is 5. The monoisotopic (exact) mass is 314 g/mol. The molecule has 0 aliphatic heterocycles. The van der Waals surface area contributed by atoms with Gasteiger partial charge in [-0.25, -0.2) is 8.42 Å². The molecule has 0 spiro atoms. The van der Waals surface area contributed by atoms with E-state index in [1.165, 1.54) is 7.11 Å². The van der Waals surface area contributed by atoms with Crippen molar-refractivity contribution in [3.63, 3.8) is 0 Å². The quantitative estimate of drug-likeness (QED) is 0.746. The summed E-state index contributed by atoms with van der Waals surface area (Å²) in [5.41, 5.74) is 6.51. The summed E-state index contributed by atoms with van der Waals surface area (Å²) in [6.07, 6.45) is 0.757. The van der Waals surface area contributed by atoms with E-state index in [2.05, 4.69) is 5.32 Å². The molecule has 21 heavy (non-hydrogen) atoms. The highest BCUT2D eigenvalue weighted by molar-refractivity contribution is 7.92. The van der Waals surface area contributed by atoms with Crippen molar-refractivity contribution < 1.29 is 17.9 Å². The van der Waals surface area contributed by atoms with Crippen LogP contribution in [0.15, 0.2) is 18.2 Å². The predicted octanol–water partition coefficient (Wildman–Crippen LogP) is 1.68. The molecule has 0 aromatic heterocycles. The van der Waals surface area contributed by atoms with Crippen LogP contribution in [0.1, 0.15) is 20.3 Å². The molecule has 1 atom stereocenters. The minimum absolute atomic E-state index is 0.00972. The van der Waals surface area contributed by atoms with Gasteiger partial charge in [0.25, 0.3) is 0 Å². The smallest absolute Gasteiger partial charge is 0.239 e. The molecule has 118 valence electrons. The number of carbonyl (C=O) groups excluding carboxylic acids is 1. The molecule has 0 aliphatic carbocycles. The molecule has 0 fully saturated rings. The van der Waals surface area contributed by atoms with E-state index < -0.39 is 21.5 Å². The van der Waals surface area contributed by atoms with E-state index in [0.29, 0.717) is 17.1 Å². The Hall–Kier alpha value is -1.76. The van der Waals surface area contributed by atoms with Crippen molar-refractivity contribution in [1.29, 1.82) is 0 Å². The summed E-state index contributed by atoms with van der Waals surface area (Å²) < 4.78 is 28.9. The number of ether oxygens (including phenoxy) is 1. The fourth-order valence-electron chi connectivity index (χ4n) is 1.81. The molecule has 0 radical (unpaired) electrons. The lowest BCUT2D eigenvalue weighted by molar-refractivity contribution is -0.113. The number of nitrogen functional groups attached to an aromatic ring is 1. The van der Waals surface area contributed by atoms with Gasteiger partial charge < -0.3 is 15.8 Å². The van der Waals surface area contributed by atoms with Crippen molar-refractivity contribution in [2.24, 2.45) is 5.92 Å². The van der Waals surface area contributed by atoms with Crippen LogP contribution in [-0.2, 0) is 14.6 Å². The van der Waals surface area contributed by atoms with Gasteiger partial charge in [0.05, 0.1) is 18.6 Å². The molecule has 0 heterocycles. The van der Waals surface area contributed by atoms with E-state index in [-0.39, 0.29) is 11.7 Å². The largest absolute Gasteiger partial charge is 0.494 e. The Labute approximate surface area is 125 Å². The lowest BCUT2D eigenvalue weighted by Crippen LogP contribution is -2.26. The van der Waals surface area contributed by atoms with Gasteiger partial charge in [0.15, 0.2) is 9.84 Å². The van der Waals surface area contributed by atoms with E-state index in [1.807, 2.05) is 13.8 Å². The molecular formula is C14H22N2O4S. The van der Waals surface area contributed by atoms with Crippen LogP contribution in [0.25, 0.3) is 0 Å². The molecule has 6 nitrogen and oxygen atoms in total. The first-order valence-electron chi connectivity index (χ1n) is 6.71. The third-order valence-corrected chi connectivity index (χ3v) is 4.86. The van der Waals surface area contributed by atoms with Crippen LogP contribution in [-0.4, -0.2) is 32.9 Å². The van der Waals surface area contributed by atoms with E-state index in [4.69, 9.17) is 10.5 Å². The highest BCUT2D eigenvalue weighted by Gasteiger charge is 2.20. The van der Waals surface area contributed by atoms with Gasteiger partial charge in [0, 0.05) is 11.8 Å². The first kappa shape index (κ1) is 17.3. The summed E-state index contributed by atoms with van der Waals surface area (Å²) in [7, 11) is -1.97. The molecule has 1 aromatic carbocycles. The number of nitrogens with two attached hydrogens (primary N) is 1. The Morgan fingerprint density at radius 2 is 2.10 bits per heavy atom. The Morgan fingerprint density at radius 3 is 2.67 bits per heavy atom. The van der Waals surface area contributed by atoms with Crippen LogP contribution in [0.5, 0.6) is 5.75 Å². The second-order valence-corrected chi connectivity index (χ2v) is 7.19. The van der Waals surface area contributed by atoms with Gasteiger partial charge in [-0.1, -0.05) is 20.3 Å². The molecular weight excluding hydrogens is 292 g/mol. The van der Waals surface area contributed by atoms with Crippen LogP contribution in [0, 0.1) is 5.92 Å². The minimum atomic E-state index is -3.42. The van der Waals surface area contributed by atoms with Crippen molar-refractivity contribution in [2.75, 3.05) is 29.7 Å². The number of anilines is 2. The molecule has 3 N–H and O–H groups in total. The Kier molecular flexibility index (Phi) is 6.02. The van der Waals surface area contributed by atoms with Crippen LogP contribution >= 0.6 is 0 Å². The van der Waals surface area contributed by atoms with E-state index in [9.17, 15) is 13.2 Å². The first-order valence-corrected chi connectivity index (χ1v) is 8.53. The maximum atomic E-state index is 11.9. The SMILES string of the molecule is CCC(C)CS(=O)(=O)CC(=O)Nc1ccc(N)cc1OC. The van der Waals surface area contributed by atoms with Crippen LogP contribution in [0.2, 0.25) is 0 Å². The summed E-state index contributed by atoms with van der Waals surface area (Å²) in [4.78, 5) is 11.9. The number of nitrogens with one attached hydrogen (secondary N) is 1. The Morgan fingerprint density at radius 1 is 1.43 bits per heavy atom. The van der Waals surface area contributed by atoms with Crippen molar-refractivity contribution in [2.45, 2.75) is 20.3 Å². The van der Waals surface area contributed by atoms with Crippen molar-refractivity contribution in [1.82, 2.24) is 0 Å². The van der Waals surface area contributed by atoms with Crippen molar-refractivity contribution in [3.8, 4) is 5.75 Å². The number of carbonyl (C=O) groups is 1. The topological polar surface area (TPSA) is 98.5 Å². The van der Waals surface area contributed by atoms with Gasteiger partial charge in [-0.05, 0) is 18.1 Å². The second kappa shape index (κ2) is 7.31. The summed E-state index contributed by atoms with van der Waals surface area (Å²) >= 11 is 0. The summed E-state index contributed by atoms with van der Waals surface area (Å²) in [5.74, 6) is -0.682. The normalized spacial score (nSPS) is 12.7. The second-order valence-electron chi connectivity index (χ2n) is 5.08. The fourth-order valence-corrected chi connectivity index (χ4v) is 3.50. The average Bonchev–Trinajstić information content (AvgIpc) is 2.39. The molecule has 7 heteroatoms. The lowest BCUT2D eigenvalue weighted by atomic mass is 10.2. The van der Waals surface area contributed by atoms with E-state index in [0.717, 1.165) is 6.42 Å². The van der Waals surface area contributed by atoms with Gasteiger partial charge in [-0.2, -0.15) is 0 Å². The zero-order valence-corrected chi connectivity index (χ0v) is 13.4. The average molecular weight is 314 g/mol. The molecule has 0 saturated carbocycles. The zero-order chi connectivity index (χ0) is 16.0. The molecule has 1 amide bonds. The molecule has 1 rings (SSSR count). The summed E-state index contributed by atoms with van der Waals surface area (Å²) in [5, 5.41) is 2.54. The Balaban J connectivity index is 2.74. The summed E-state index contributed by atoms with van der Waals surface area (Å²) in [6.45, 7) is 3.76. The lowest BCUT2D eigenvalue weighted by Gasteiger charge is -2.12. The number of benzene rings is 1. The molecule has 0 aliphatic rings. The third-order valence-electron chi connectivity index (χ3n) is 3.09. The number of hydrogen-bond donors (Lipinski definition) is 2. The number of methoxy groups -OCH3 is 1. The van der Waals surface area contributed by atoms with Gasteiger partial charge in [0.1, 0.15) is 11.5 Å². The van der Waals surface area contributed by atoms with Crippen LogP contribution in [0.3, 0.4) is 0 Å². The van der Waals surface area contributed by atoms with Gasteiger partial charge in [-0.3, -0.25) is 4.79 Å². The van der Waals surface area contributed by atoms with Crippen molar-refractivity contribution >= 4 is 27.1 Å². The van der Waals surface area contributed by atoms with Gasteiger partial charge in [-0.15, -0.1) is 0 Å². The predicted molar refractivity (Wildman–Crippen MR) is 84.1 cm³/mol. The third kappa shape index (κ3) is 5.63. The van der Waals surface area contributed by atoms with Crippen LogP contribution in [0.4, 0.5) is 11.4 Å². The maximum absolute atomic E-state index is 11.9. The zero-order valence-electron chi connectivity index (χ0n) is 12.5. The molecule has 0 saturated heterocycles. The Bertz CT molecular complexity index is 599. The molecule has 1 aromatic rings. The number of sulfone groups is 1. The van der Waals surface area contributed by atoms with Gasteiger partial charge >= 0.3 is 0 Å².